The van der Waals surface area contributed by atoms with Crippen LogP contribution in [0.3, 0.4) is 0 Å². The first-order chi connectivity index (χ1) is 12.9. The van der Waals surface area contributed by atoms with Gasteiger partial charge in [-0.3, -0.25) is 9.69 Å². The lowest BCUT2D eigenvalue weighted by Gasteiger charge is -2.23. The Hall–Kier alpha value is -2.51. The molecule has 0 saturated heterocycles. The molecule has 0 atom stereocenters. The van der Waals surface area contributed by atoms with Crippen LogP contribution in [0.1, 0.15) is 39.7 Å². The molecule has 3 rings (SSSR count). The summed E-state index contributed by atoms with van der Waals surface area (Å²) in [5, 5.41) is 5.95. The smallest absolute Gasteiger partial charge is 0.339 e. The van der Waals surface area contributed by atoms with E-state index in [1.165, 1.54) is 29.6 Å². The summed E-state index contributed by atoms with van der Waals surface area (Å²) < 4.78 is 5.30. The van der Waals surface area contributed by atoms with Crippen molar-refractivity contribution < 1.29 is 14.3 Å². The second kappa shape index (κ2) is 8.02. The van der Waals surface area contributed by atoms with E-state index in [0.29, 0.717) is 16.4 Å². The van der Waals surface area contributed by atoms with Crippen LogP contribution < -0.4 is 4.90 Å². The fourth-order valence-electron chi connectivity index (χ4n) is 2.98. The number of rotatable bonds is 5. The van der Waals surface area contributed by atoms with Crippen LogP contribution in [-0.4, -0.2) is 16.9 Å². The Kier molecular flexibility index (Phi) is 5.72. The molecule has 0 saturated carbocycles. The molecule has 0 unspecified atom stereocenters. The van der Waals surface area contributed by atoms with E-state index >= 15 is 0 Å². The standard InChI is InChI=1S/C20H20N2O3S2/c1-12-7-13(2)18(14(3)8-12)22(15(4)23)20-21-17(11-27-20)9-25-19(24)16-5-6-26-10-16/h5-8,10-11H,9H2,1-4H3. The molecule has 1 amide bonds. The van der Waals surface area contributed by atoms with Crippen LogP contribution in [0.4, 0.5) is 10.8 Å². The van der Waals surface area contributed by atoms with E-state index in [0.717, 1.165) is 22.4 Å². The number of carbonyl (C=O) groups excluding carboxylic acids is 2. The van der Waals surface area contributed by atoms with Crippen LogP contribution in [0.25, 0.3) is 0 Å². The van der Waals surface area contributed by atoms with Gasteiger partial charge >= 0.3 is 5.97 Å². The van der Waals surface area contributed by atoms with Crippen LogP contribution in [-0.2, 0) is 16.1 Å². The summed E-state index contributed by atoms with van der Waals surface area (Å²) in [7, 11) is 0. The maximum atomic E-state index is 12.4. The zero-order valence-electron chi connectivity index (χ0n) is 15.6. The van der Waals surface area contributed by atoms with Gasteiger partial charge in [0.05, 0.1) is 16.9 Å². The summed E-state index contributed by atoms with van der Waals surface area (Å²) >= 11 is 2.80. The highest BCUT2D eigenvalue weighted by molar-refractivity contribution is 7.14. The van der Waals surface area contributed by atoms with Gasteiger partial charge in [0.1, 0.15) is 6.61 Å². The van der Waals surface area contributed by atoms with Crippen molar-refractivity contribution in [3.63, 3.8) is 0 Å². The average Bonchev–Trinajstić information content (AvgIpc) is 3.27. The van der Waals surface area contributed by atoms with E-state index in [4.69, 9.17) is 4.74 Å². The number of benzene rings is 1. The Morgan fingerprint density at radius 1 is 1.15 bits per heavy atom. The van der Waals surface area contributed by atoms with Crippen molar-refractivity contribution in [1.82, 2.24) is 4.98 Å². The van der Waals surface area contributed by atoms with Crippen LogP contribution in [0.2, 0.25) is 0 Å². The van der Waals surface area contributed by atoms with Crippen LogP contribution in [0.5, 0.6) is 0 Å². The van der Waals surface area contributed by atoms with Gasteiger partial charge in [-0.05, 0) is 43.3 Å². The van der Waals surface area contributed by atoms with Crippen molar-refractivity contribution in [2.75, 3.05) is 4.90 Å². The SMILES string of the molecule is CC(=O)N(c1nc(COC(=O)c2ccsc2)cs1)c1c(C)cc(C)cc1C. The second-order valence-corrected chi connectivity index (χ2v) is 7.93. The number of esters is 1. The summed E-state index contributed by atoms with van der Waals surface area (Å²) in [6.07, 6.45) is 0. The summed E-state index contributed by atoms with van der Waals surface area (Å²) in [6.45, 7) is 7.61. The van der Waals surface area contributed by atoms with E-state index in [-0.39, 0.29) is 18.5 Å². The Morgan fingerprint density at radius 2 is 1.85 bits per heavy atom. The van der Waals surface area contributed by atoms with Gasteiger partial charge in [0.25, 0.3) is 0 Å². The highest BCUT2D eigenvalue weighted by Gasteiger charge is 2.22. The van der Waals surface area contributed by atoms with Crippen molar-refractivity contribution in [3.05, 3.63) is 62.3 Å². The number of carbonyl (C=O) groups is 2. The molecule has 0 aliphatic rings. The van der Waals surface area contributed by atoms with Crippen molar-refractivity contribution in [1.29, 1.82) is 0 Å². The van der Waals surface area contributed by atoms with Gasteiger partial charge < -0.3 is 4.74 Å². The lowest BCUT2D eigenvalue weighted by molar-refractivity contribution is -0.115. The minimum absolute atomic E-state index is 0.0722. The number of nitrogens with zero attached hydrogens (tertiary/aromatic N) is 2. The molecule has 140 valence electrons. The number of thiazole rings is 1. The third-order valence-electron chi connectivity index (χ3n) is 4.01. The first-order valence-corrected chi connectivity index (χ1v) is 10.2. The lowest BCUT2D eigenvalue weighted by Crippen LogP contribution is -2.24. The Bertz CT molecular complexity index is 954. The number of amides is 1. The third kappa shape index (κ3) is 4.26. The molecule has 0 aliphatic heterocycles. The van der Waals surface area contributed by atoms with Crippen LogP contribution in [0, 0.1) is 20.8 Å². The number of ether oxygens (including phenoxy) is 1. The molecule has 3 aromatic rings. The van der Waals surface area contributed by atoms with E-state index in [2.05, 4.69) is 17.1 Å². The van der Waals surface area contributed by atoms with Gasteiger partial charge in [-0.25, -0.2) is 9.78 Å². The predicted octanol–water partition coefficient (Wildman–Crippen LogP) is 5.17. The number of aryl methyl sites for hydroxylation is 3. The molecule has 2 aromatic heterocycles. The second-order valence-electron chi connectivity index (χ2n) is 6.31. The van der Waals surface area contributed by atoms with Gasteiger partial charge in [0.15, 0.2) is 5.13 Å². The summed E-state index contributed by atoms with van der Waals surface area (Å²) in [4.78, 5) is 30.5. The Balaban J connectivity index is 1.82. The van der Waals surface area contributed by atoms with Crippen LogP contribution >= 0.6 is 22.7 Å². The number of hydrogen-bond donors (Lipinski definition) is 0. The zero-order valence-corrected chi connectivity index (χ0v) is 17.2. The average molecular weight is 401 g/mol. The minimum atomic E-state index is -0.376. The zero-order chi connectivity index (χ0) is 19.6. The molecule has 27 heavy (non-hydrogen) atoms. The van der Waals surface area contributed by atoms with E-state index in [9.17, 15) is 9.59 Å². The molecule has 0 N–H and O–H groups in total. The number of anilines is 2. The molecule has 0 spiro atoms. The first kappa shape index (κ1) is 19.3. The van der Waals surface area contributed by atoms with Crippen molar-refractivity contribution >= 4 is 45.4 Å². The molecule has 7 heteroatoms. The quantitative estimate of drug-likeness (QED) is 0.554. The summed E-state index contributed by atoms with van der Waals surface area (Å²) in [5.74, 6) is -0.485. The number of hydrogen-bond acceptors (Lipinski definition) is 6. The summed E-state index contributed by atoms with van der Waals surface area (Å²) in [5.41, 5.74) is 5.19. The molecule has 0 bridgehead atoms. The Labute approximate surface area is 166 Å². The molecule has 1 aromatic carbocycles. The van der Waals surface area contributed by atoms with Gasteiger partial charge in [0.2, 0.25) is 5.91 Å². The highest BCUT2D eigenvalue weighted by Crippen LogP contribution is 2.34. The monoisotopic (exact) mass is 400 g/mol. The van der Waals surface area contributed by atoms with Crippen molar-refractivity contribution in [3.8, 4) is 0 Å². The van der Waals surface area contributed by atoms with E-state index < -0.39 is 0 Å². The molecule has 5 nitrogen and oxygen atoms in total. The van der Waals surface area contributed by atoms with Gasteiger partial charge in [0, 0.05) is 17.7 Å². The fraction of sp³-hybridized carbons (Fsp3) is 0.250. The summed E-state index contributed by atoms with van der Waals surface area (Å²) in [6, 6.07) is 5.82. The maximum absolute atomic E-state index is 12.4. The fourth-order valence-corrected chi connectivity index (χ4v) is 4.46. The third-order valence-corrected chi connectivity index (χ3v) is 5.57. The molecule has 0 fully saturated rings. The molecular formula is C20H20N2O3S2. The van der Waals surface area contributed by atoms with Crippen LogP contribution in [0.15, 0.2) is 34.3 Å². The van der Waals surface area contributed by atoms with Gasteiger partial charge in [-0.1, -0.05) is 17.7 Å². The van der Waals surface area contributed by atoms with Gasteiger partial charge in [-0.15, -0.1) is 11.3 Å². The molecule has 2 heterocycles. The number of aromatic nitrogens is 1. The normalized spacial score (nSPS) is 10.7. The highest BCUT2D eigenvalue weighted by atomic mass is 32.1. The predicted molar refractivity (Wildman–Crippen MR) is 109 cm³/mol. The van der Waals surface area contributed by atoms with Crippen molar-refractivity contribution in [2.24, 2.45) is 0 Å². The lowest BCUT2D eigenvalue weighted by atomic mass is 10.0. The molecule has 0 radical (unpaired) electrons. The largest absolute Gasteiger partial charge is 0.456 e. The minimum Gasteiger partial charge on any atom is -0.456 e. The topological polar surface area (TPSA) is 59.5 Å². The molecule has 0 aliphatic carbocycles. The van der Waals surface area contributed by atoms with E-state index in [1.807, 2.05) is 31.5 Å². The molecular weight excluding hydrogens is 380 g/mol. The maximum Gasteiger partial charge on any atom is 0.339 e. The van der Waals surface area contributed by atoms with Gasteiger partial charge in [-0.2, -0.15) is 11.3 Å². The number of thiophene rings is 1. The Morgan fingerprint density at radius 3 is 2.44 bits per heavy atom. The van der Waals surface area contributed by atoms with Crippen molar-refractivity contribution in [2.45, 2.75) is 34.3 Å². The first-order valence-electron chi connectivity index (χ1n) is 8.39. The van der Waals surface area contributed by atoms with E-state index in [1.54, 1.807) is 16.3 Å².